The number of rotatable bonds is 2. The number of hydrogen-bond acceptors (Lipinski definition) is 2. The molecule has 0 unspecified atom stereocenters. The van der Waals surface area contributed by atoms with Gasteiger partial charge in [0.25, 0.3) is 0 Å². The smallest absolute Gasteiger partial charge is 0.333 e. The van der Waals surface area contributed by atoms with E-state index in [1.807, 2.05) is 0 Å². The monoisotopic (exact) mass is 534 g/mol. The number of aromatic nitrogens is 1. The molecule has 0 amide bonds. The highest BCUT2D eigenvalue weighted by atomic mass is 16.3. The van der Waals surface area contributed by atoms with Crippen LogP contribution >= 0.6 is 0 Å². The van der Waals surface area contributed by atoms with Gasteiger partial charge in [-0.25, -0.2) is 0 Å². The summed E-state index contributed by atoms with van der Waals surface area (Å²) in [6, 6.07) is 48.5. The fourth-order valence-corrected chi connectivity index (χ4v) is 7.65. The molecule has 10 rings (SSSR count). The molecule has 0 saturated carbocycles. The molecule has 0 saturated heterocycles. The molecular formula is C38H23BN2O. The van der Waals surface area contributed by atoms with Crippen molar-refractivity contribution >= 4 is 67.6 Å². The quantitative estimate of drug-likeness (QED) is 0.207. The Morgan fingerprint density at radius 2 is 1.29 bits per heavy atom. The summed E-state index contributed by atoms with van der Waals surface area (Å²) in [6.45, 7) is 0.0599. The number of benzene rings is 6. The Morgan fingerprint density at radius 3 is 2.24 bits per heavy atom. The molecule has 6 aromatic carbocycles. The van der Waals surface area contributed by atoms with Crippen molar-refractivity contribution in [2.45, 2.75) is 0 Å². The Bertz CT molecular complexity index is 2380. The number of nitrogens with zero attached hydrogens (tertiary/aromatic N) is 2. The van der Waals surface area contributed by atoms with Crippen molar-refractivity contribution in [1.82, 2.24) is 4.48 Å². The zero-order valence-electron chi connectivity index (χ0n) is 22.7. The average Bonchev–Trinajstić information content (AvgIpc) is 3.67. The molecule has 42 heavy (non-hydrogen) atoms. The van der Waals surface area contributed by atoms with Crippen LogP contribution in [0.1, 0.15) is 0 Å². The molecule has 194 valence electrons. The van der Waals surface area contributed by atoms with Gasteiger partial charge in [0.05, 0.1) is 12.0 Å². The molecular weight excluding hydrogens is 511 g/mol. The van der Waals surface area contributed by atoms with Gasteiger partial charge in [0.1, 0.15) is 5.58 Å². The van der Waals surface area contributed by atoms with Gasteiger partial charge in [-0.3, -0.25) is 0 Å². The molecule has 2 aromatic heterocycles. The fraction of sp³-hybridized carbons (Fsp3) is 0. The van der Waals surface area contributed by atoms with E-state index in [2.05, 4.69) is 143 Å². The van der Waals surface area contributed by atoms with Crippen LogP contribution < -0.4 is 15.8 Å². The van der Waals surface area contributed by atoms with E-state index in [1.54, 1.807) is 6.26 Å². The second-order valence-electron chi connectivity index (χ2n) is 11.3. The van der Waals surface area contributed by atoms with Crippen LogP contribution in [0.4, 0.5) is 17.1 Å². The minimum Gasteiger partial charge on any atom is -0.464 e. The maximum absolute atomic E-state index is 5.99. The van der Waals surface area contributed by atoms with Crippen LogP contribution in [0.25, 0.3) is 55.0 Å². The maximum atomic E-state index is 5.99. The van der Waals surface area contributed by atoms with Crippen molar-refractivity contribution in [3.63, 3.8) is 0 Å². The molecule has 0 bridgehead atoms. The summed E-state index contributed by atoms with van der Waals surface area (Å²) >= 11 is 0. The summed E-state index contributed by atoms with van der Waals surface area (Å²) in [5.41, 5.74) is 14.6. The lowest BCUT2D eigenvalue weighted by Crippen LogP contribution is -2.56. The molecule has 3 nitrogen and oxygen atoms in total. The van der Waals surface area contributed by atoms with E-state index < -0.39 is 0 Å². The van der Waals surface area contributed by atoms with E-state index >= 15 is 0 Å². The summed E-state index contributed by atoms with van der Waals surface area (Å²) in [6.07, 6.45) is 1.81. The predicted molar refractivity (Wildman–Crippen MR) is 175 cm³/mol. The van der Waals surface area contributed by atoms with Crippen molar-refractivity contribution in [3.8, 4) is 22.3 Å². The number of para-hydroxylation sites is 3. The second kappa shape index (κ2) is 8.05. The Balaban J connectivity index is 1.37. The van der Waals surface area contributed by atoms with E-state index in [4.69, 9.17) is 4.42 Å². The summed E-state index contributed by atoms with van der Waals surface area (Å²) in [4.78, 5) is 2.49. The first-order chi connectivity index (χ1) is 20.9. The highest BCUT2D eigenvalue weighted by Crippen LogP contribution is 2.49. The molecule has 2 aliphatic heterocycles. The van der Waals surface area contributed by atoms with Gasteiger partial charge in [-0.1, -0.05) is 97.1 Å². The molecule has 0 aliphatic carbocycles. The largest absolute Gasteiger partial charge is 0.464 e. The second-order valence-corrected chi connectivity index (χ2v) is 11.3. The van der Waals surface area contributed by atoms with Gasteiger partial charge in [-0.15, -0.1) is 0 Å². The van der Waals surface area contributed by atoms with Crippen molar-refractivity contribution in [2.75, 3.05) is 4.90 Å². The van der Waals surface area contributed by atoms with Gasteiger partial charge in [0, 0.05) is 49.7 Å². The van der Waals surface area contributed by atoms with Gasteiger partial charge >= 0.3 is 6.85 Å². The summed E-state index contributed by atoms with van der Waals surface area (Å²) in [7, 11) is 0. The van der Waals surface area contributed by atoms with Crippen molar-refractivity contribution in [3.05, 3.63) is 140 Å². The minimum atomic E-state index is 0.0599. The van der Waals surface area contributed by atoms with Crippen LogP contribution in [0.3, 0.4) is 0 Å². The molecule has 8 aromatic rings. The van der Waals surface area contributed by atoms with E-state index in [9.17, 15) is 0 Å². The Morgan fingerprint density at radius 1 is 0.524 bits per heavy atom. The van der Waals surface area contributed by atoms with E-state index in [0.29, 0.717) is 0 Å². The molecule has 0 N–H and O–H groups in total. The first kappa shape index (κ1) is 22.2. The van der Waals surface area contributed by atoms with E-state index in [0.717, 1.165) is 16.7 Å². The third kappa shape index (κ3) is 2.72. The topological polar surface area (TPSA) is 21.3 Å². The molecule has 0 radical (unpaired) electrons. The summed E-state index contributed by atoms with van der Waals surface area (Å²) in [5.74, 6) is 0. The number of fused-ring (bicyclic) bond motifs is 8. The molecule has 0 atom stereocenters. The lowest BCUT2D eigenvalue weighted by molar-refractivity contribution is 0.616. The van der Waals surface area contributed by atoms with Crippen molar-refractivity contribution in [1.29, 1.82) is 0 Å². The van der Waals surface area contributed by atoms with E-state index in [-0.39, 0.29) is 6.85 Å². The van der Waals surface area contributed by atoms with Crippen LogP contribution in [-0.2, 0) is 0 Å². The zero-order chi connectivity index (χ0) is 27.4. The van der Waals surface area contributed by atoms with Gasteiger partial charge in [-0.2, -0.15) is 0 Å². The molecule has 0 fully saturated rings. The number of hydrogen-bond donors (Lipinski definition) is 0. The van der Waals surface area contributed by atoms with Crippen molar-refractivity contribution in [2.24, 2.45) is 0 Å². The van der Waals surface area contributed by atoms with Crippen LogP contribution in [0.15, 0.2) is 144 Å². The van der Waals surface area contributed by atoms with Gasteiger partial charge in [0.15, 0.2) is 0 Å². The SMILES string of the molecule is c1ccc(-c2ccc3occc3c2N2c3ccccc3B3c4c(cccc42)-c2cccc4c5ccccc5n3c24)cc1. The lowest BCUT2D eigenvalue weighted by atomic mass is 9.45. The number of anilines is 3. The average molecular weight is 534 g/mol. The van der Waals surface area contributed by atoms with E-state index in [1.165, 1.54) is 66.4 Å². The van der Waals surface area contributed by atoms with Crippen LogP contribution in [0.5, 0.6) is 0 Å². The van der Waals surface area contributed by atoms with Crippen LogP contribution in [0.2, 0.25) is 0 Å². The Labute approximate surface area is 243 Å². The minimum absolute atomic E-state index is 0.0599. The predicted octanol–water partition coefficient (Wildman–Crippen LogP) is 8.63. The van der Waals surface area contributed by atoms with Crippen molar-refractivity contribution < 1.29 is 4.42 Å². The summed E-state index contributed by atoms with van der Waals surface area (Å²) in [5, 5.41) is 3.72. The normalized spacial score (nSPS) is 13.1. The van der Waals surface area contributed by atoms with Gasteiger partial charge in [0.2, 0.25) is 0 Å². The molecule has 4 heteroatoms. The fourth-order valence-electron chi connectivity index (χ4n) is 7.65. The zero-order valence-corrected chi connectivity index (χ0v) is 22.7. The third-order valence-electron chi connectivity index (χ3n) is 9.26. The molecule has 4 heterocycles. The third-order valence-corrected chi connectivity index (χ3v) is 9.26. The van der Waals surface area contributed by atoms with Gasteiger partial charge < -0.3 is 13.8 Å². The standard InChI is InChI=1S/C38H23BN2O/c1-2-10-24(11-3-1)25-20-21-35-30(22-23-42-35)37(25)40-33-18-7-5-16-31(33)39-36-27(13-9-19-34(36)40)29-15-8-14-28-26-12-4-6-17-32(26)41(39)38(28)29/h1-23H. The molecule has 0 spiro atoms. The first-order valence-corrected chi connectivity index (χ1v) is 14.5. The summed E-state index contributed by atoms with van der Waals surface area (Å²) < 4.78 is 8.58. The Kier molecular flexibility index (Phi) is 4.26. The maximum Gasteiger partial charge on any atom is 0.333 e. The van der Waals surface area contributed by atoms with Crippen LogP contribution in [0, 0.1) is 0 Å². The lowest BCUT2D eigenvalue weighted by Gasteiger charge is -2.41. The van der Waals surface area contributed by atoms with Gasteiger partial charge in [-0.05, 0) is 58.5 Å². The Hall–Kier alpha value is -5.48. The highest BCUT2D eigenvalue weighted by molar-refractivity contribution is 6.90. The first-order valence-electron chi connectivity index (χ1n) is 14.5. The van der Waals surface area contributed by atoms with Crippen LogP contribution in [-0.4, -0.2) is 11.3 Å². The highest BCUT2D eigenvalue weighted by Gasteiger charge is 2.42. The molecule has 2 aliphatic rings. The number of furan rings is 1.